The minimum Gasteiger partial charge on any atom is -0.329 e. The third-order valence-electron chi connectivity index (χ3n) is 4.34. The number of halogens is 4. The predicted octanol–water partition coefficient (Wildman–Crippen LogP) is 3.11. The average molecular weight is 427 g/mol. The van der Waals surface area contributed by atoms with Crippen LogP contribution in [-0.2, 0) is 19.1 Å². The fourth-order valence-corrected chi connectivity index (χ4v) is 2.88. The zero-order valence-electron chi connectivity index (χ0n) is 15.6. The van der Waals surface area contributed by atoms with Gasteiger partial charge in [0.25, 0.3) is 0 Å². The second-order valence-corrected chi connectivity index (χ2v) is 6.35. The van der Waals surface area contributed by atoms with Crippen LogP contribution in [0.1, 0.15) is 17.0 Å². The van der Waals surface area contributed by atoms with Crippen LogP contribution in [0, 0.1) is 0 Å². The molecule has 0 aliphatic rings. The standard InChI is InChI=1S/C19H21F3N6.ClH/c20-19(21,22)16-6-8-17(9-7-16)28-18(24-25-26-28)14-27(13-11-23)12-10-15-4-2-1-3-5-15;/h1-9H,10-14,23H2;1H. The Bertz CT molecular complexity index is 868. The van der Waals surface area contributed by atoms with E-state index in [0.717, 1.165) is 25.1 Å². The summed E-state index contributed by atoms with van der Waals surface area (Å²) in [6.45, 7) is 2.35. The van der Waals surface area contributed by atoms with E-state index in [1.165, 1.54) is 22.4 Å². The van der Waals surface area contributed by atoms with E-state index < -0.39 is 11.7 Å². The maximum atomic E-state index is 12.8. The van der Waals surface area contributed by atoms with Gasteiger partial charge in [-0.15, -0.1) is 17.5 Å². The number of nitrogens with two attached hydrogens (primary N) is 1. The van der Waals surface area contributed by atoms with Crippen LogP contribution >= 0.6 is 12.4 Å². The predicted molar refractivity (Wildman–Crippen MR) is 106 cm³/mol. The highest BCUT2D eigenvalue weighted by Gasteiger charge is 2.30. The molecule has 10 heteroatoms. The van der Waals surface area contributed by atoms with E-state index in [0.29, 0.717) is 31.1 Å². The molecule has 1 heterocycles. The SMILES string of the molecule is Cl.NCCN(CCc1ccccc1)Cc1nnnn1-c1ccc(C(F)(F)F)cc1. The summed E-state index contributed by atoms with van der Waals surface area (Å²) >= 11 is 0. The van der Waals surface area contributed by atoms with E-state index in [4.69, 9.17) is 5.73 Å². The molecule has 0 bridgehead atoms. The summed E-state index contributed by atoms with van der Waals surface area (Å²) in [6, 6.07) is 14.8. The third kappa shape index (κ3) is 6.25. The Hall–Kier alpha value is -2.49. The van der Waals surface area contributed by atoms with Gasteiger partial charge < -0.3 is 5.73 Å². The number of tetrazole rings is 1. The van der Waals surface area contributed by atoms with Crippen LogP contribution < -0.4 is 5.73 Å². The molecule has 0 spiro atoms. The molecule has 0 amide bonds. The summed E-state index contributed by atoms with van der Waals surface area (Å²) < 4.78 is 39.7. The van der Waals surface area contributed by atoms with Gasteiger partial charge in [-0.1, -0.05) is 30.3 Å². The first-order chi connectivity index (χ1) is 13.5. The molecule has 0 aliphatic heterocycles. The molecule has 3 rings (SSSR count). The molecule has 29 heavy (non-hydrogen) atoms. The second-order valence-electron chi connectivity index (χ2n) is 6.35. The number of benzene rings is 2. The summed E-state index contributed by atoms with van der Waals surface area (Å²) in [5.41, 5.74) is 6.71. The molecular formula is C19H22ClF3N6. The lowest BCUT2D eigenvalue weighted by molar-refractivity contribution is -0.137. The van der Waals surface area contributed by atoms with Gasteiger partial charge in [-0.05, 0) is 46.7 Å². The largest absolute Gasteiger partial charge is 0.416 e. The molecule has 0 fully saturated rings. The van der Waals surface area contributed by atoms with Gasteiger partial charge >= 0.3 is 6.18 Å². The lowest BCUT2D eigenvalue weighted by Gasteiger charge is -2.21. The normalized spacial score (nSPS) is 11.5. The summed E-state index contributed by atoms with van der Waals surface area (Å²) in [4.78, 5) is 2.12. The second kappa shape index (κ2) is 10.3. The molecular weight excluding hydrogens is 405 g/mol. The van der Waals surface area contributed by atoms with Gasteiger partial charge in [0.05, 0.1) is 17.8 Å². The first-order valence-corrected chi connectivity index (χ1v) is 8.88. The van der Waals surface area contributed by atoms with Crippen molar-refractivity contribution in [2.24, 2.45) is 5.73 Å². The van der Waals surface area contributed by atoms with Gasteiger partial charge in [0.2, 0.25) is 0 Å². The van der Waals surface area contributed by atoms with Crippen LogP contribution in [0.4, 0.5) is 13.2 Å². The van der Waals surface area contributed by atoms with Crippen LogP contribution in [0.2, 0.25) is 0 Å². The van der Waals surface area contributed by atoms with Crippen LogP contribution in [0.5, 0.6) is 0 Å². The molecule has 0 saturated carbocycles. The fourth-order valence-electron chi connectivity index (χ4n) is 2.88. The lowest BCUT2D eigenvalue weighted by Crippen LogP contribution is -2.32. The maximum Gasteiger partial charge on any atom is 0.416 e. The molecule has 156 valence electrons. The van der Waals surface area contributed by atoms with Crippen LogP contribution in [0.15, 0.2) is 54.6 Å². The highest BCUT2D eigenvalue weighted by molar-refractivity contribution is 5.85. The molecule has 0 aliphatic carbocycles. The maximum absolute atomic E-state index is 12.8. The number of nitrogens with zero attached hydrogens (tertiary/aromatic N) is 5. The topological polar surface area (TPSA) is 72.9 Å². The first kappa shape index (κ1) is 22.8. The Morgan fingerprint density at radius 1 is 0.966 bits per heavy atom. The zero-order valence-corrected chi connectivity index (χ0v) is 16.4. The number of alkyl halides is 3. The van der Waals surface area contributed by atoms with Crippen molar-refractivity contribution in [2.45, 2.75) is 19.1 Å². The van der Waals surface area contributed by atoms with E-state index >= 15 is 0 Å². The van der Waals surface area contributed by atoms with Crippen molar-refractivity contribution in [3.63, 3.8) is 0 Å². The number of hydrogen-bond acceptors (Lipinski definition) is 5. The Balaban J connectivity index is 0.00000300. The minimum absolute atomic E-state index is 0. The lowest BCUT2D eigenvalue weighted by atomic mass is 10.1. The summed E-state index contributed by atoms with van der Waals surface area (Å²) in [7, 11) is 0. The Morgan fingerprint density at radius 3 is 2.28 bits per heavy atom. The summed E-state index contributed by atoms with van der Waals surface area (Å²) in [6.07, 6.45) is -3.53. The third-order valence-corrected chi connectivity index (χ3v) is 4.34. The van der Waals surface area contributed by atoms with Crippen LogP contribution in [0.3, 0.4) is 0 Å². The first-order valence-electron chi connectivity index (χ1n) is 8.88. The van der Waals surface area contributed by atoms with Crippen molar-refractivity contribution >= 4 is 12.4 Å². The quantitative estimate of drug-likeness (QED) is 0.599. The molecule has 0 radical (unpaired) electrons. The monoisotopic (exact) mass is 426 g/mol. The van der Waals surface area contributed by atoms with E-state index in [1.807, 2.05) is 18.2 Å². The Labute approximate surface area is 172 Å². The van der Waals surface area contributed by atoms with Gasteiger partial charge in [-0.2, -0.15) is 17.9 Å². The van der Waals surface area contributed by atoms with E-state index in [9.17, 15) is 13.2 Å². The van der Waals surface area contributed by atoms with Crippen molar-refractivity contribution < 1.29 is 13.2 Å². The van der Waals surface area contributed by atoms with E-state index in [1.54, 1.807) is 0 Å². The fraction of sp³-hybridized carbons (Fsp3) is 0.316. The van der Waals surface area contributed by atoms with E-state index in [2.05, 4.69) is 32.6 Å². The summed E-state index contributed by atoms with van der Waals surface area (Å²) in [5, 5.41) is 11.6. The van der Waals surface area contributed by atoms with Crippen LogP contribution in [0.25, 0.3) is 5.69 Å². The van der Waals surface area contributed by atoms with Crippen LogP contribution in [-0.4, -0.2) is 44.7 Å². The molecule has 0 unspecified atom stereocenters. The molecule has 2 aromatic carbocycles. The van der Waals surface area contributed by atoms with Gasteiger partial charge in [0.15, 0.2) is 5.82 Å². The Morgan fingerprint density at radius 2 is 1.66 bits per heavy atom. The molecule has 0 saturated heterocycles. The van der Waals surface area contributed by atoms with Gasteiger partial charge in [-0.25, -0.2) is 0 Å². The van der Waals surface area contributed by atoms with Gasteiger partial charge in [0, 0.05) is 19.6 Å². The number of rotatable bonds is 8. The van der Waals surface area contributed by atoms with Crippen molar-refractivity contribution in [1.29, 1.82) is 0 Å². The molecule has 3 aromatic rings. The van der Waals surface area contributed by atoms with Crippen molar-refractivity contribution in [3.05, 3.63) is 71.5 Å². The number of hydrogen-bond donors (Lipinski definition) is 1. The highest BCUT2D eigenvalue weighted by atomic mass is 35.5. The van der Waals surface area contributed by atoms with E-state index in [-0.39, 0.29) is 12.4 Å². The smallest absolute Gasteiger partial charge is 0.329 e. The van der Waals surface area contributed by atoms with Gasteiger partial charge in [0.1, 0.15) is 0 Å². The summed E-state index contributed by atoms with van der Waals surface area (Å²) in [5.74, 6) is 0.543. The zero-order chi connectivity index (χ0) is 20.0. The van der Waals surface area contributed by atoms with Crippen molar-refractivity contribution in [3.8, 4) is 5.69 Å². The number of aromatic nitrogens is 4. The average Bonchev–Trinajstić information content (AvgIpc) is 3.15. The molecule has 0 atom stereocenters. The van der Waals surface area contributed by atoms with Crippen molar-refractivity contribution in [1.82, 2.24) is 25.1 Å². The highest BCUT2D eigenvalue weighted by Crippen LogP contribution is 2.29. The molecule has 2 N–H and O–H groups in total. The minimum atomic E-state index is -4.38. The Kier molecular flexibility index (Phi) is 8.12. The van der Waals surface area contributed by atoms with Gasteiger partial charge in [-0.3, -0.25) is 4.90 Å². The molecule has 1 aromatic heterocycles. The molecule has 6 nitrogen and oxygen atoms in total. The van der Waals surface area contributed by atoms with Crippen molar-refractivity contribution in [2.75, 3.05) is 19.6 Å².